The van der Waals surface area contributed by atoms with E-state index in [1.807, 2.05) is 20.8 Å². The summed E-state index contributed by atoms with van der Waals surface area (Å²) in [5.41, 5.74) is -0.0475. The summed E-state index contributed by atoms with van der Waals surface area (Å²) in [5, 5.41) is 9.30. The Morgan fingerprint density at radius 1 is 1.50 bits per heavy atom. The Morgan fingerprint density at radius 3 is 2.00 bits per heavy atom. The van der Waals surface area contributed by atoms with E-state index in [9.17, 15) is 4.79 Å². The fraction of sp³-hybridized carbons (Fsp3) is 0.857. The largest absolute Gasteiger partial charge is 0.286 e. The lowest BCUT2D eigenvalue weighted by atomic mass is 9.92. The highest BCUT2D eigenvalue weighted by atomic mass is 16.5. The summed E-state index contributed by atoms with van der Waals surface area (Å²) in [5.74, 6) is -0.243. The van der Waals surface area contributed by atoms with Crippen molar-refractivity contribution in [1.82, 2.24) is 5.06 Å². The summed E-state index contributed by atoms with van der Waals surface area (Å²) in [6.07, 6.45) is 0.375. The molecule has 1 amide bonds. The van der Waals surface area contributed by atoms with Crippen molar-refractivity contribution in [2.24, 2.45) is 5.41 Å². The first kappa shape index (κ1) is 9.43. The molecule has 3 nitrogen and oxygen atoms in total. The van der Waals surface area contributed by atoms with Gasteiger partial charge in [-0.15, -0.1) is 0 Å². The van der Waals surface area contributed by atoms with E-state index in [0.717, 1.165) is 0 Å². The van der Waals surface area contributed by atoms with Crippen LogP contribution in [0.1, 0.15) is 27.2 Å². The molecule has 0 aliphatic heterocycles. The lowest BCUT2D eigenvalue weighted by Crippen LogP contribution is -2.26. The molecule has 0 aromatic rings. The molecule has 0 aromatic carbocycles. The second kappa shape index (κ2) is 3.01. The predicted octanol–water partition coefficient (Wildman–Crippen LogP) is 1.27. The van der Waals surface area contributed by atoms with Gasteiger partial charge in [-0.2, -0.15) is 0 Å². The summed E-state index contributed by atoms with van der Waals surface area (Å²) >= 11 is 0. The molecule has 0 atom stereocenters. The minimum atomic E-state index is -0.243. The van der Waals surface area contributed by atoms with Crippen molar-refractivity contribution >= 4 is 5.91 Å². The fourth-order valence-corrected chi connectivity index (χ4v) is 0.568. The molecule has 0 radical (unpaired) electrons. The van der Waals surface area contributed by atoms with Gasteiger partial charge in [0.15, 0.2) is 0 Å². The minimum Gasteiger partial charge on any atom is -0.286 e. The first-order valence-corrected chi connectivity index (χ1v) is 3.28. The van der Waals surface area contributed by atoms with E-state index < -0.39 is 0 Å². The molecule has 0 fully saturated rings. The van der Waals surface area contributed by atoms with Crippen LogP contribution in [0.5, 0.6) is 0 Å². The SMILES string of the molecule is CN(O)C(=O)CC(C)(C)C. The topological polar surface area (TPSA) is 40.5 Å². The maximum Gasteiger partial charge on any atom is 0.246 e. The standard InChI is InChI=1S/C7H15NO2/c1-7(2,3)5-6(9)8(4)10/h10H,5H2,1-4H3. The quantitative estimate of drug-likeness (QED) is 0.446. The van der Waals surface area contributed by atoms with Crippen LogP contribution < -0.4 is 0 Å². The van der Waals surface area contributed by atoms with Gasteiger partial charge in [0.1, 0.15) is 0 Å². The number of hydroxylamine groups is 2. The summed E-state index contributed by atoms with van der Waals surface area (Å²) in [6.45, 7) is 5.86. The molecule has 1 N–H and O–H groups in total. The van der Waals surface area contributed by atoms with Crippen molar-refractivity contribution in [1.29, 1.82) is 0 Å². The zero-order valence-electron chi connectivity index (χ0n) is 7.01. The molecule has 0 aliphatic rings. The Labute approximate surface area is 61.6 Å². The van der Waals surface area contributed by atoms with Gasteiger partial charge < -0.3 is 0 Å². The van der Waals surface area contributed by atoms with Crippen LogP contribution >= 0.6 is 0 Å². The van der Waals surface area contributed by atoms with Crippen LogP contribution in [0, 0.1) is 5.41 Å². The van der Waals surface area contributed by atoms with Crippen molar-refractivity contribution in [2.75, 3.05) is 7.05 Å². The Bertz CT molecular complexity index is 124. The van der Waals surface area contributed by atoms with Crippen LogP contribution in [0.2, 0.25) is 0 Å². The number of hydrogen-bond donors (Lipinski definition) is 1. The Kier molecular flexibility index (Phi) is 2.84. The van der Waals surface area contributed by atoms with E-state index >= 15 is 0 Å². The molecule has 0 rings (SSSR count). The molecule has 0 heterocycles. The van der Waals surface area contributed by atoms with Gasteiger partial charge in [0, 0.05) is 13.5 Å². The third-order valence-corrected chi connectivity index (χ3v) is 1.04. The molecule has 3 heteroatoms. The number of amides is 1. The predicted molar refractivity (Wildman–Crippen MR) is 38.6 cm³/mol. The second-order valence-electron chi connectivity index (χ2n) is 3.65. The van der Waals surface area contributed by atoms with Gasteiger partial charge in [-0.05, 0) is 5.41 Å². The number of nitrogens with zero attached hydrogens (tertiary/aromatic N) is 1. The molecular formula is C7H15NO2. The molecule has 0 unspecified atom stereocenters. The van der Waals surface area contributed by atoms with Crippen molar-refractivity contribution in [3.63, 3.8) is 0 Å². The lowest BCUT2D eigenvalue weighted by Gasteiger charge is -2.18. The van der Waals surface area contributed by atoms with E-state index in [0.29, 0.717) is 11.5 Å². The molecule has 60 valence electrons. The average molecular weight is 145 g/mol. The maximum absolute atomic E-state index is 10.8. The summed E-state index contributed by atoms with van der Waals surface area (Å²) in [7, 11) is 1.34. The highest BCUT2D eigenvalue weighted by molar-refractivity contribution is 5.75. The van der Waals surface area contributed by atoms with Gasteiger partial charge in [0.25, 0.3) is 0 Å². The fourth-order valence-electron chi connectivity index (χ4n) is 0.568. The third-order valence-electron chi connectivity index (χ3n) is 1.04. The van der Waals surface area contributed by atoms with E-state index in [-0.39, 0.29) is 11.3 Å². The molecule has 0 aromatic heterocycles. The highest BCUT2D eigenvalue weighted by Gasteiger charge is 2.17. The zero-order chi connectivity index (χ0) is 8.36. The minimum absolute atomic E-state index is 0.0475. The van der Waals surface area contributed by atoms with Gasteiger partial charge in [0.05, 0.1) is 0 Å². The Morgan fingerprint density at radius 2 is 1.90 bits per heavy atom. The van der Waals surface area contributed by atoms with Crippen LogP contribution in [0.25, 0.3) is 0 Å². The van der Waals surface area contributed by atoms with Crippen LogP contribution in [-0.2, 0) is 4.79 Å². The molecule has 0 spiro atoms. The third kappa shape index (κ3) is 4.32. The van der Waals surface area contributed by atoms with Crippen molar-refractivity contribution < 1.29 is 10.0 Å². The number of carbonyl (C=O) groups excluding carboxylic acids is 1. The smallest absolute Gasteiger partial charge is 0.246 e. The molecule has 0 aliphatic carbocycles. The van der Waals surface area contributed by atoms with Crippen molar-refractivity contribution in [3.05, 3.63) is 0 Å². The Balaban J connectivity index is 3.81. The summed E-state index contributed by atoms with van der Waals surface area (Å²) < 4.78 is 0. The average Bonchev–Trinajstić information content (AvgIpc) is 1.60. The highest BCUT2D eigenvalue weighted by Crippen LogP contribution is 2.18. The maximum atomic E-state index is 10.8. The van der Waals surface area contributed by atoms with E-state index in [1.165, 1.54) is 7.05 Å². The van der Waals surface area contributed by atoms with Crippen LogP contribution in [0.4, 0.5) is 0 Å². The van der Waals surface area contributed by atoms with E-state index in [4.69, 9.17) is 5.21 Å². The van der Waals surface area contributed by atoms with E-state index in [1.54, 1.807) is 0 Å². The normalized spacial score (nSPS) is 11.3. The van der Waals surface area contributed by atoms with Gasteiger partial charge in [-0.3, -0.25) is 10.0 Å². The summed E-state index contributed by atoms with van der Waals surface area (Å²) in [4.78, 5) is 10.8. The van der Waals surface area contributed by atoms with Crippen molar-refractivity contribution in [3.8, 4) is 0 Å². The monoisotopic (exact) mass is 145 g/mol. The van der Waals surface area contributed by atoms with Gasteiger partial charge >= 0.3 is 0 Å². The number of carbonyl (C=O) groups is 1. The lowest BCUT2D eigenvalue weighted by molar-refractivity contribution is -0.161. The molecule has 10 heavy (non-hydrogen) atoms. The first-order valence-electron chi connectivity index (χ1n) is 3.28. The van der Waals surface area contributed by atoms with Gasteiger partial charge in [-0.1, -0.05) is 20.8 Å². The van der Waals surface area contributed by atoms with Crippen LogP contribution in [-0.4, -0.2) is 23.2 Å². The van der Waals surface area contributed by atoms with Gasteiger partial charge in [0.2, 0.25) is 5.91 Å². The van der Waals surface area contributed by atoms with Crippen LogP contribution in [0.15, 0.2) is 0 Å². The second-order valence-corrected chi connectivity index (χ2v) is 3.65. The van der Waals surface area contributed by atoms with Crippen LogP contribution in [0.3, 0.4) is 0 Å². The molecule has 0 saturated carbocycles. The van der Waals surface area contributed by atoms with E-state index in [2.05, 4.69) is 0 Å². The molecular weight excluding hydrogens is 130 g/mol. The van der Waals surface area contributed by atoms with Crippen molar-refractivity contribution in [2.45, 2.75) is 27.2 Å². The summed E-state index contributed by atoms with van der Waals surface area (Å²) in [6, 6.07) is 0. The Hall–Kier alpha value is -0.570. The first-order chi connectivity index (χ1) is 4.33. The zero-order valence-corrected chi connectivity index (χ0v) is 7.01. The van der Waals surface area contributed by atoms with Gasteiger partial charge in [-0.25, -0.2) is 5.06 Å². The molecule has 0 bridgehead atoms. The number of hydrogen-bond acceptors (Lipinski definition) is 2. The molecule has 0 saturated heterocycles. The number of rotatable bonds is 1.